The van der Waals surface area contributed by atoms with E-state index in [4.69, 9.17) is 5.73 Å². The van der Waals surface area contributed by atoms with Gasteiger partial charge in [-0.25, -0.2) is 0 Å². The third-order valence-electron chi connectivity index (χ3n) is 5.52. The van der Waals surface area contributed by atoms with E-state index in [0.717, 1.165) is 64.8 Å². The number of likely N-dealkylation sites (N-methyl/N-ethyl adjacent to an activating group) is 1. The largest absolute Gasteiger partial charge is 0.342 e. The van der Waals surface area contributed by atoms with E-state index in [1.807, 2.05) is 23.6 Å². The Kier molecular flexibility index (Phi) is 7.04. The van der Waals surface area contributed by atoms with E-state index in [1.165, 1.54) is 6.42 Å². The van der Waals surface area contributed by atoms with Crippen molar-refractivity contribution >= 4 is 11.8 Å². The molecule has 1 heterocycles. The highest BCUT2D eigenvalue weighted by Crippen LogP contribution is 2.28. The third-order valence-corrected chi connectivity index (χ3v) is 5.52. The third kappa shape index (κ3) is 4.70. The molecule has 0 bridgehead atoms. The van der Waals surface area contributed by atoms with Gasteiger partial charge in [0.2, 0.25) is 11.8 Å². The molecule has 2 amide bonds. The number of amides is 2. The maximum Gasteiger partial charge on any atom is 0.242 e. The molecule has 2 N–H and O–H groups in total. The van der Waals surface area contributed by atoms with E-state index < -0.39 is 5.54 Å². The molecule has 2 aliphatic rings. The van der Waals surface area contributed by atoms with Gasteiger partial charge in [0.25, 0.3) is 0 Å². The summed E-state index contributed by atoms with van der Waals surface area (Å²) in [5, 5.41) is 0. The molecule has 6 heteroatoms. The summed E-state index contributed by atoms with van der Waals surface area (Å²) in [6.45, 7) is 9.05. The molecule has 1 aliphatic carbocycles. The molecule has 2 fully saturated rings. The smallest absolute Gasteiger partial charge is 0.242 e. The summed E-state index contributed by atoms with van der Waals surface area (Å²) in [4.78, 5) is 31.1. The summed E-state index contributed by atoms with van der Waals surface area (Å²) in [7, 11) is 0. The fourth-order valence-corrected chi connectivity index (χ4v) is 3.91. The van der Waals surface area contributed by atoms with E-state index in [2.05, 4.69) is 4.90 Å². The van der Waals surface area contributed by atoms with Crippen LogP contribution in [0.4, 0.5) is 0 Å². The maximum atomic E-state index is 12.9. The van der Waals surface area contributed by atoms with Crippen LogP contribution in [0.1, 0.15) is 52.4 Å². The van der Waals surface area contributed by atoms with E-state index in [9.17, 15) is 9.59 Å². The molecule has 6 nitrogen and oxygen atoms in total. The normalized spacial score (nSPS) is 22.0. The molecular weight excluding hydrogens is 304 g/mol. The minimum atomic E-state index is -0.648. The molecule has 1 saturated carbocycles. The van der Waals surface area contributed by atoms with Crippen LogP contribution in [-0.4, -0.2) is 77.9 Å². The van der Waals surface area contributed by atoms with E-state index in [-0.39, 0.29) is 11.8 Å². The summed E-state index contributed by atoms with van der Waals surface area (Å²) in [6.07, 6.45) is 5.83. The first-order valence-electron chi connectivity index (χ1n) is 9.58. The molecule has 0 aromatic carbocycles. The second kappa shape index (κ2) is 8.81. The van der Waals surface area contributed by atoms with Gasteiger partial charge in [0.05, 0.1) is 12.1 Å². The second-order valence-corrected chi connectivity index (χ2v) is 7.20. The van der Waals surface area contributed by atoms with Gasteiger partial charge in [-0.05, 0) is 33.1 Å². The zero-order valence-electron chi connectivity index (χ0n) is 15.4. The van der Waals surface area contributed by atoms with Gasteiger partial charge >= 0.3 is 0 Å². The molecule has 0 aromatic heterocycles. The van der Waals surface area contributed by atoms with Gasteiger partial charge in [0.1, 0.15) is 0 Å². The molecule has 2 rings (SSSR count). The number of carbonyl (C=O) groups is 2. The summed E-state index contributed by atoms with van der Waals surface area (Å²) < 4.78 is 0. The molecule has 1 saturated heterocycles. The number of nitrogens with two attached hydrogens (primary N) is 1. The Labute approximate surface area is 146 Å². The van der Waals surface area contributed by atoms with Crippen molar-refractivity contribution in [3.8, 4) is 0 Å². The number of rotatable bonds is 5. The van der Waals surface area contributed by atoms with Gasteiger partial charge in [-0.15, -0.1) is 0 Å². The van der Waals surface area contributed by atoms with Gasteiger partial charge in [-0.3, -0.25) is 14.5 Å². The summed E-state index contributed by atoms with van der Waals surface area (Å²) in [5.74, 6) is 0.307. The van der Waals surface area contributed by atoms with Crippen LogP contribution in [0, 0.1) is 0 Å². The Morgan fingerprint density at radius 3 is 2.25 bits per heavy atom. The standard InChI is InChI=1S/C18H34N4O2/c1-3-21(4-2)16(23)15-20-11-8-12-22(14-13-20)17(24)18(19)9-6-5-7-10-18/h3-15,19H2,1-2H3. The van der Waals surface area contributed by atoms with Gasteiger partial charge in [-0.1, -0.05) is 19.3 Å². The lowest BCUT2D eigenvalue weighted by atomic mass is 9.81. The fourth-order valence-electron chi connectivity index (χ4n) is 3.91. The summed E-state index contributed by atoms with van der Waals surface area (Å²) >= 11 is 0. The Hall–Kier alpha value is -1.14. The molecule has 138 valence electrons. The zero-order chi connectivity index (χ0) is 17.6. The van der Waals surface area contributed by atoms with Crippen molar-refractivity contribution in [1.82, 2.24) is 14.7 Å². The average Bonchev–Trinajstić information content (AvgIpc) is 2.81. The van der Waals surface area contributed by atoms with Crippen molar-refractivity contribution in [2.24, 2.45) is 5.73 Å². The van der Waals surface area contributed by atoms with E-state index in [0.29, 0.717) is 13.1 Å². The lowest BCUT2D eigenvalue weighted by Gasteiger charge is -2.36. The Bertz CT molecular complexity index is 431. The van der Waals surface area contributed by atoms with Crippen LogP contribution < -0.4 is 5.73 Å². The van der Waals surface area contributed by atoms with Crippen molar-refractivity contribution in [1.29, 1.82) is 0 Å². The zero-order valence-corrected chi connectivity index (χ0v) is 15.4. The lowest BCUT2D eigenvalue weighted by Crippen LogP contribution is -2.56. The molecule has 0 atom stereocenters. The van der Waals surface area contributed by atoms with E-state index in [1.54, 1.807) is 0 Å². The number of hydrogen-bond donors (Lipinski definition) is 1. The molecule has 24 heavy (non-hydrogen) atoms. The SMILES string of the molecule is CCN(CC)C(=O)CN1CCCN(C(=O)C2(N)CCCCC2)CC1. The maximum absolute atomic E-state index is 12.9. The number of hydrogen-bond acceptors (Lipinski definition) is 4. The number of carbonyl (C=O) groups excluding carboxylic acids is 2. The summed E-state index contributed by atoms with van der Waals surface area (Å²) in [6, 6.07) is 0. The first-order valence-corrected chi connectivity index (χ1v) is 9.58. The molecule has 0 aromatic rings. The van der Waals surface area contributed by atoms with Crippen molar-refractivity contribution < 1.29 is 9.59 Å². The van der Waals surface area contributed by atoms with Gasteiger partial charge in [0, 0.05) is 39.3 Å². The molecule has 0 radical (unpaired) electrons. The lowest BCUT2D eigenvalue weighted by molar-refractivity contribution is -0.138. The Balaban J connectivity index is 1.88. The van der Waals surface area contributed by atoms with Crippen LogP contribution >= 0.6 is 0 Å². The molecule has 0 unspecified atom stereocenters. The van der Waals surface area contributed by atoms with Crippen LogP contribution in [0.25, 0.3) is 0 Å². The molecule has 1 aliphatic heterocycles. The predicted octanol–water partition coefficient (Wildman–Crippen LogP) is 1.05. The fraction of sp³-hybridized carbons (Fsp3) is 0.889. The minimum absolute atomic E-state index is 0.124. The van der Waals surface area contributed by atoms with Crippen LogP contribution in [0.3, 0.4) is 0 Å². The average molecular weight is 338 g/mol. The van der Waals surface area contributed by atoms with Crippen molar-refractivity contribution in [3.05, 3.63) is 0 Å². The van der Waals surface area contributed by atoms with Crippen molar-refractivity contribution in [2.75, 3.05) is 45.8 Å². The Morgan fingerprint density at radius 2 is 1.62 bits per heavy atom. The highest BCUT2D eigenvalue weighted by Gasteiger charge is 2.38. The van der Waals surface area contributed by atoms with Crippen molar-refractivity contribution in [3.63, 3.8) is 0 Å². The van der Waals surface area contributed by atoms with Crippen LogP contribution in [0.5, 0.6) is 0 Å². The van der Waals surface area contributed by atoms with Gasteiger partial charge in [-0.2, -0.15) is 0 Å². The van der Waals surface area contributed by atoms with E-state index >= 15 is 0 Å². The first kappa shape index (κ1) is 19.2. The molecular formula is C18H34N4O2. The highest BCUT2D eigenvalue weighted by atomic mass is 16.2. The first-order chi connectivity index (χ1) is 11.5. The van der Waals surface area contributed by atoms with Gasteiger partial charge in [0.15, 0.2) is 0 Å². The number of nitrogens with zero attached hydrogens (tertiary/aromatic N) is 3. The molecule has 0 spiro atoms. The highest BCUT2D eigenvalue weighted by molar-refractivity contribution is 5.86. The van der Waals surface area contributed by atoms with Crippen molar-refractivity contribution in [2.45, 2.75) is 57.9 Å². The monoisotopic (exact) mass is 338 g/mol. The van der Waals surface area contributed by atoms with Crippen LogP contribution in [0.2, 0.25) is 0 Å². The topological polar surface area (TPSA) is 69.9 Å². The Morgan fingerprint density at radius 1 is 0.958 bits per heavy atom. The van der Waals surface area contributed by atoms with Gasteiger partial charge < -0.3 is 15.5 Å². The van der Waals surface area contributed by atoms with Crippen LogP contribution in [-0.2, 0) is 9.59 Å². The second-order valence-electron chi connectivity index (χ2n) is 7.20. The summed E-state index contributed by atoms with van der Waals surface area (Å²) in [5.41, 5.74) is 5.76. The minimum Gasteiger partial charge on any atom is -0.342 e. The predicted molar refractivity (Wildman–Crippen MR) is 95.6 cm³/mol. The quantitative estimate of drug-likeness (QED) is 0.813. The van der Waals surface area contributed by atoms with Crippen LogP contribution in [0.15, 0.2) is 0 Å².